The Morgan fingerprint density at radius 1 is 1.25 bits per heavy atom. The zero-order chi connectivity index (χ0) is 19.8. The second-order valence-corrected chi connectivity index (χ2v) is 9.72. The average Bonchev–Trinajstić information content (AvgIpc) is 3.27. The second kappa shape index (κ2) is 10.8. The van der Waals surface area contributed by atoms with Crippen LogP contribution in [0.1, 0.15) is 57.9 Å². The van der Waals surface area contributed by atoms with Gasteiger partial charge in [-0.15, -0.1) is 0 Å². The lowest BCUT2D eigenvalue weighted by Gasteiger charge is -2.30. The monoisotopic (exact) mass is 405 g/mol. The fraction of sp³-hybridized carbons (Fsp3) is 0.714. The van der Waals surface area contributed by atoms with Crippen LogP contribution < -0.4 is 15.5 Å². The summed E-state index contributed by atoms with van der Waals surface area (Å²) in [7, 11) is -0.702. The van der Waals surface area contributed by atoms with E-state index in [4.69, 9.17) is 4.99 Å². The van der Waals surface area contributed by atoms with E-state index in [1.807, 2.05) is 13.1 Å². The van der Waals surface area contributed by atoms with Gasteiger partial charge < -0.3 is 15.5 Å². The molecule has 2 N–H and O–H groups in total. The highest BCUT2D eigenvalue weighted by molar-refractivity contribution is 7.85. The summed E-state index contributed by atoms with van der Waals surface area (Å²) in [5.41, 5.74) is 1.12. The molecule has 3 unspecified atom stereocenters. The van der Waals surface area contributed by atoms with Crippen LogP contribution in [-0.2, 0) is 17.3 Å². The Hall–Kier alpha value is -1.63. The maximum atomic E-state index is 12.2. The number of pyridine rings is 1. The molecule has 7 heteroatoms. The van der Waals surface area contributed by atoms with Crippen LogP contribution in [0.2, 0.25) is 0 Å². The fourth-order valence-electron chi connectivity index (χ4n) is 4.08. The normalized spacial score (nSPS) is 24.2. The van der Waals surface area contributed by atoms with Crippen molar-refractivity contribution in [2.45, 2.75) is 70.2 Å². The molecule has 1 aliphatic carbocycles. The van der Waals surface area contributed by atoms with Crippen LogP contribution in [0.15, 0.2) is 23.3 Å². The lowest BCUT2D eigenvalue weighted by molar-refractivity contribution is 0.413. The number of guanidine groups is 1. The van der Waals surface area contributed by atoms with Crippen molar-refractivity contribution in [1.29, 1.82) is 0 Å². The largest absolute Gasteiger partial charge is 0.357 e. The Labute approximate surface area is 172 Å². The summed E-state index contributed by atoms with van der Waals surface area (Å²) in [5, 5.41) is 7.24. The van der Waals surface area contributed by atoms with Crippen LogP contribution in [0, 0.1) is 0 Å². The van der Waals surface area contributed by atoms with Gasteiger partial charge in [-0.1, -0.05) is 19.4 Å². The Morgan fingerprint density at radius 3 is 2.75 bits per heavy atom. The Kier molecular flexibility index (Phi) is 8.13. The average molecular weight is 406 g/mol. The van der Waals surface area contributed by atoms with E-state index >= 15 is 0 Å². The van der Waals surface area contributed by atoms with E-state index in [0.717, 1.165) is 68.4 Å². The molecule has 1 saturated carbocycles. The van der Waals surface area contributed by atoms with Gasteiger partial charge in [-0.05, 0) is 50.7 Å². The molecule has 0 aromatic carbocycles. The number of rotatable bonds is 7. The first-order valence-electron chi connectivity index (χ1n) is 10.8. The molecule has 0 bridgehead atoms. The van der Waals surface area contributed by atoms with Crippen molar-refractivity contribution in [3.05, 3.63) is 23.9 Å². The lowest BCUT2D eigenvalue weighted by atomic mass is 9.95. The highest BCUT2D eigenvalue weighted by Gasteiger charge is 2.26. The number of anilines is 1. The molecule has 0 amide bonds. The van der Waals surface area contributed by atoms with E-state index in [2.05, 4.69) is 39.6 Å². The SMILES string of the molecule is CCNC(=NCc1ccc(N2CCCC2)nc1)NC1CCCC(S(=O)CC)C1. The van der Waals surface area contributed by atoms with Crippen LogP contribution in [0.3, 0.4) is 0 Å². The molecule has 2 heterocycles. The minimum atomic E-state index is -0.702. The molecule has 1 aliphatic heterocycles. The van der Waals surface area contributed by atoms with Gasteiger partial charge in [-0.3, -0.25) is 4.21 Å². The van der Waals surface area contributed by atoms with Crippen LogP contribution in [0.4, 0.5) is 5.82 Å². The van der Waals surface area contributed by atoms with Crippen LogP contribution in [0.5, 0.6) is 0 Å². The molecule has 3 rings (SSSR count). The van der Waals surface area contributed by atoms with Crippen molar-refractivity contribution in [2.24, 2.45) is 4.99 Å². The molecule has 3 atom stereocenters. The fourth-order valence-corrected chi connectivity index (χ4v) is 5.43. The van der Waals surface area contributed by atoms with Crippen molar-refractivity contribution in [2.75, 3.05) is 30.3 Å². The maximum absolute atomic E-state index is 12.2. The van der Waals surface area contributed by atoms with E-state index in [1.54, 1.807) is 0 Å². The molecule has 1 aromatic rings. The van der Waals surface area contributed by atoms with E-state index in [9.17, 15) is 4.21 Å². The summed E-state index contributed by atoms with van der Waals surface area (Å²) in [5.74, 6) is 2.68. The third kappa shape index (κ3) is 5.93. The van der Waals surface area contributed by atoms with Gasteiger partial charge in [0.05, 0.1) is 6.54 Å². The molecule has 2 fully saturated rings. The number of hydrogen-bond donors (Lipinski definition) is 2. The van der Waals surface area contributed by atoms with Gasteiger partial charge in [-0.25, -0.2) is 9.98 Å². The molecule has 28 heavy (non-hydrogen) atoms. The standard InChI is InChI=1S/C21H35N5OS/c1-3-22-21(25-18-8-7-9-19(14-18)28(27)4-2)24-16-17-10-11-20(23-15-17)26-12-5-6-13-26/h10-11,15,18-19H,3-9,12-14,16H2,1-2H3,(H2,22,24,25). The van der Waals surface area contributed by atoms with Gasteiger partial charge >= 0.3 is 0 Å². The van der Waals surface area contributed by atoms with E-state index < -0.39 is 10.8 Å². The molecular weight excluding hydrogens is 370 g/mol. The minimum absolute atomic E-state index is 0.321. The number of aromatic nitrogens is 1. The Bertz CT molecular complexity index is 657. The summed E-state index contributed by atoms with van der Waals surface area (Å²) >= 11 is 0. The Morgan fingerprint density at radius 2 is 2.07 bits per heavy atom. The van der Waals surface area contributed by atoms with E-state index in [-0.39, 0.29) is 0 Å². The van der Waals surface area contributed by atoms with Crippen molar-refractivity contribution < 1.29 is 4.21 Å². The van der Waals surface area contributed by atoms with Gasteiger partial charge in [-0.2, -0.15) is 0 Å². The summed E-state index contributed by atoms with van der Waals surface area (Å²) in [6, 6.07) is 4.60. The van der Waals surface area contributed by atoms with Gasteiger partial charge in [0, 0.05) is 53.7 Å². The second-order valence-electron chi connectivity index (χ2n) is 7.71. The van der Waals surface area contributed by atoms with Crippen molar-refractivity contribution in [1.82, 2.24) is 15.6 Å². The number of nitrogens with zero attached hydrogens (tertiary/aromatic N) is 3. The predicted molar refractivity (Wildman–Crippen MR) is 118 cm³/mol. The maximum Gasteiger partial charge on any atom is 0.191 e. The Balaban J connectivity index is 1.56. The number of hydrogen-bond acceptors (Lipinski definition) is 4. The van der Waals surface area contributed by atoms with Crippen LogP contribution >= 0.6 is 0 Å². The van der Waals surface area contributed by atoms with Crippen LogP contribution in [0.25, 0.3) is 0 Å². The van der Waals surface area contributed by atoms with E-state index in [0.29, 0.717) is 17.8 Å². The topological polar surface area (TPSA) is 69.6 Å². The molecule has 6 nitrogen and oxygen atoms in total. The molecule has 156 valence electrons. The van der Waals surface area contributed by atoms with Gasteiger partial charge in [0.1, 0.15) is 5.82 Å². The molecule has 1 aromatic heterocycles. The van der Waals surface area contributed by atoms with Gasteiger partial charge in [0.15, 0.2) is 5.96 Å². The summed E-state index contributed by atoms with van der Waals surface area (Å²) in [6.45, 7) is 7.77. The lowest BCUT2D eigenvalue weighted by Crippen LogP contribution is -2.46. The van der Waals surface area contributed by atoms with Crippen molar-refractivity contribution in [3.63, 3.8) is 0 Å². The smallest absolute Gasteiger partial charge is 0.191 e. The van der Waals surface area contributed by atoms with Crippen molar-refractivity contribution >= 4 is 22.6 Å². The highest BCUT2D eigenvalue weighted by atomic mass is 32.2. The molecule has 0 spiro atoms. The third-order valence-corrected chi connectivity index (χ3v) is 7.37. The first kappa shape index (κ1) is 21.1. The first-order valence-corrected chi connectivity index (χ1v) is 12.2. The number of nitrogens with one attached hydrogen (secondary N) is 2. The minimum Gasteiger partial charge on any atom is -0.357 e. The van der Waals surface area contributed by atoms with Gasteiger partial charge in [0.2, 0.25) is 0 Å². The quantitative estimate of drug-likeness (QED) is 0.539. The zero-order valence-corrected chi connectivity index (χ0v) is 18.1. The molecular formula is C21H35N5OS. The molecule has 0 radical (unpaired) electrons. The summed E-state index contributed by atoms with van der Waals surface area (Å²) in [4.78, 5) is 11.7. The van der Waals surface area contributed by atoms with Crippen molar-refractivity contribution in [3.8, 4) is 0 Å². The molecule has 1 saturated heterocycles. The molecule has 2 aliphatic rings. The zero-order valence-electron chi connectivity index (χ0n) is 17.3. The van der Waals surface area contributed by atoms with Crippen LogP contribution in [-0.4, -0.2) is 51.8 Å². The van der Waals surface area contributed by atoms with E-state index in [1.165, 1.54) is 12.8 Å². The van der Waals surface area contributed by atoms with Gasteiger partial charge in [0.25, 0.3) is 0 Å². The highest BCUT2D eigenvalue weighted by Crippen LogP contribution is 2.23. The predicted octanol–water partition coefficient (Wildman–Crippen LogP) is 2.82. The summed E-state index contributed by atoms with van der Waals surface area (Å²) < 4.78 is 12.2. The third-order valence-electron chi connectivity index (χ3n) is 5.63. The first-order chi connectivity index (χ1) is 13.7. The summed E-state index contributed by atoms with van der Waals surface area (Å²) in [6.07, 6.45) is 8.78. The number of aliphatic imine (C=N–C) groups is 1.